The Morgan fingerprint density at radius 3 is 2.62 bits per heavy atom. The number of aryl methyl sites for hydroxylation is 2. The van der Waals surface area contributed by atoms with Crippen molar-refractivity contribution in [3.8, 4) is 17.5 Å². The predicted octanol–water partition coefficient (Wildman–Crippen LogP) is 3.97. The molecule has 0 radical (unpaired) electrons. The van der Waals surface area contributed by atoms with Crippen molar-refractivity contribution in [2.24, 2.45) is 7.05 Å². The van der Waals surface area contributed by atoms with Gasteiger partial charge in [0, 0.05) is 42.6 Å². The van der Waals surface area contributed by atoms with E-state index in [4.69, 9.17) is 0 Å². The van der Waals surface area contributed by atoms with E-state index in [1.54, 1.807) is 40.8 Å². The Morgan fingerprint density at radius 1 is 1.02 bits per heavy atom. The molecule has 9 nitrogen and oxygen atoms in total. The van der Waals surface area contributed by atoms with Crippen molar-refractivity contribution in [2.75, 3.05) is 0 Å². The monoisotopic (exact) mass is 527 g/mol. The molecule has 0 aliphatic rings. The number of nitrogens with one attached hydrogen (secondary N) is 1. The van der Waals surface area contributed by atoms with Gasteiger partial charge in [0.25, 0.3) is 11.5 Å². The van der Waals surface area contributed by atoms with E-state index in [2.05, 4.69) is 32.2 Å². The van der Waals surface area contributed by atoms with Gasteiger partial charge < -0.3 is 9.88 Å². The van der Waals surface area contributed by atoms with Crippen molar-refractivity contribution < 1.29 is 4.79 Å². The minimum absolute atomic E-state index is 0.223. The summed E-state index contributed by atoms with van der Waals surface area (Å²) in [4.78, 5) is 36.3. The van der Waals surface area contributed by atoms with Crippen LogP contribution in [0.4, 0.5) is 0 Å². The largest absolute Gasteiger partial charge is 0.344 e. The second-order valence-corrected chi connectivity index (χ2v) is 9.53. The zero-order valence-corrected chi connectivity index (χ0v) is 22.2. The van der Waals surface area contributed by atoms with Crippen LogP contribution in [0.25, 0.3) is 22.1 Å². The number of fused-ring (bicyclic) bond motifs is 2. The van der Waals surface area contributed by atoms with Crippen molar-refractivity contribution in [3.05, 3.63) is 124 Å². The first kappa shape index (κ1) is 24.8. The molecule has 40 heavy (non-hydrogen) atoms. The summed E-state index contributed by atoms with van der Waals surface area (Å²) < 4.78 is 5.04. The minimum Gasteiger partial charge on any atom is -0.344 e. The Kier molecular flexibility index (Phi) is 6.21. The van der Waals surface area contributed by atoms with Crippen LogP contribution in [0.1, 0.15) is 46.0 Å². The highest BCUT2D eigenvalue weighted by Gasteiger charge is 2.23. The molecule has 6 rings (SSSR count). The Morgan fingerprint density at radius 2 is 1.85 bits per heavy atom. The Labute approximate surface area is 229 Å². The fourth-order valence-corrected chi connectivity index (χ4v) is 4.86. The van der Waals surface area contributed by atoms with Gasteiger partial charge in [-0.05, 0) is 55.5 Å². The molecule has 0 unspecified atom stereocenters. The summed E-state index contributed by atoms with van der Waals surface area (Å²) in [5.74, 6) is 5.87. The van der Waals surface area contributed by atoms with Gasteiger partial charge in [-0.1, -0.05) is 36.3 Å². The Bertz CT molecular complexity index is 2020. The molecule has 2 aromatic carbocycles. The number of nitrogens with zero attached hydrogens (tertiary/aromatic N) is 6. The van der Waals surface area contributed by atoms with E-state index in [1.165, 1.54) is 0 Å². The number of carbonyl (C=O) groups excluding carboxylic acids is 1. The number of amides is 1. The number of carbonyl (C=O) groups is 1. The van der Waals surface area contributed by atoms with Crippen LogP contribution in [-0.4, -0.2) is 34.6 Å². The van der Waals surface area contributed by atoms with E-state index < -0.39 is 6.04 Å². The Hall–Kier alpha value is -5.49. The molecule has 6 aromatic rings. The normalized spacial score (nSPS) is 11.8. The summed E-state index contributed by atoms with van der Waals surface area (Å²) >= 11 is 0. The van der Waals surface area contributed by atoms with E-state index in [9.17, 15) is 9.59 Å². The number of hydrogen-bond acceptors (Lipinski definition) is 5. The van der Waals surface area contributed by atoms with Crippen molar-refractivity contribution in [1.29, 1.82) is 0 Å². The summed E-state index contributed by atoms with van der Waals surface area (Å²) in [6.07, 6.45) is 6.88. The molecule has 0 bridgehead atoms. The number of imidazole rings is 1. The van der Waals surface area contributed by atoms with Crippen LogP contribution in [0.3, 0.4) is 0 Å². The minimum atomic E-state index is -0.522. The van der Waals surface area contributed by atoms with Gasteiger partial charge >= 0.3 is 0 Å². The molecule has 0 fully saturated rings. The maximum Gasteiger partial charge on any atom is 0.264 e. The molecule has 0 saturated carbocycles. The van der Waals surface area contributed by atoms with Crippen molar-refractivity contribution >= 4 is 22.3 Å². The quantitative estimate of drug-likeness (QED) is 0.350. The smallest absolute Gasteiger partial charge is 0.264 e. The van der Waals surface area contributed by atoms with Gasteiger partial charge in [-0.3, -0.25) is 14.2 Å². The van der Waals surface area contributed by atoms with E-state index in [0.717, 1.165) is 5.39 Å². The zero-order chi connectivity index (χ0) is 27.8. The van der Waals surface area contributed by atoms with Gasteiger partial charge in [0.15, 0.2) is 5.65 Å². The second kappa shape index (κ2) is 10.0. The lowest BCUT2D eigenvalue weighted by Gasteiger charge is -2.21. The lowest BCUT2D eigenvalue weighted by molar-refractivity contribution is 0.0939. The van der Waals surface area contributed by atoms with Gasteiger partial charge in [-0.15, -0.1) is 0 Å². The highest BCUT2D eigenvalue weighted by atomic mass is 16.2. The number of hydrogen-bond donors (Lipinski definition) is 1. The number of para-hydroxylation sites is 1. The van der Waals surface area contributed by atoms with E-state index in [1.807, 2.05) is 79.3 Å². The highest BCUT2D eigenvalue weighted by molar-refractivity contribution is 6.01. The molecule has 1 amide bonds. The van der Waals surface area contributed by atoms with E-state index in [-0.39, 0.29) is 11.5 Å². The summed E-state index contributed by atoms with van der Waals surface area (Å²) in [5.41, 5.74) is 3.76. The SMILES string of the molecule is Cc1nn2cccnc2c1C(=O)N[C@@H](C)c1cc2cccc(C#Cc3cn(C)cn3)c2c(=O)n1-c1ccccc1. The standard InChI is InChI=1S/C31H25N7O2/c1-20(34-30(39)27-21(2)35-37-16-8-15-32-29(27)37)26-17-23-10-7-9-22(13-14-24-18-36(3)19-33-24)28(23)31(40)38(26)25-11-5-4-6-12-25/h4-12,15-20H,1-3H3,(H,34,39)/t20-/m0/s1. The van der Waals surface area contributed by atoms with Gasteiger partial charge in [-0.25, -0.2) is 14.5 Å². The van der Waals surface area contributed by atoms with Crippen LogP contribution >= 0.6 is 0 Å². The van der Waals surface area contributed by atoms with Crippen molar-refractivity contribution in [3.63, 3.8) is 0 Å². The average Bonchev–Trinajstić information content (AvgIpc) is 3.53. The van der Waals surface area contributed by atoms with Crippen LogP contribution < -0.4 is 10.9 Å². The van der Waals surface area contributed by atoms with Crippen LogP contribution in [0.5, 0.6) is 0 Å². The number of aromatic nitrogens is 6. The molecule has 0 spiro atoms. The fraction of sp³-hybridized carbons (Fsp3) is 0.129. The molecule has 9 heteroatoms. The van der Waals surface area contributed by atoms with Crippen LogP contribution in [0, 0.1) is 18.8 Å². The van der Waals surface area contributed by atoms with Crippen LogP contribution in [0.2, 0.25) is 0 Å². The van der Waals surface area contributed by atoms with Crippen LogP contribution in [0.15, 0.2) is 90.4 Å². The topological polar surface area (TPSA) is 99.1 Å². The lowest BCUT2D eigenvalue weighted by atomic mass is 10.0. The maximum atomic E-state index is 14.2. The summed E-state index contributed by atoms with van der Waals surface area (Å²) in [6, 6.07) is 18.1. The van der Waals surface area contributed by atoms with Crippen molar-refractivity contribution in [2.45, 2.75) is 19.9 Å². The zero-order valence-electron chi connectivity index (χ0n) is 22.2. The second-order valence-electron chi connectivity index (χ2n) is 9.53. The van der Waals surface area contributed by atoms with Gasteiger partial charge in [0.1, 0.15) is 11.3 Å². The average molecular weight is 528 g/mol. The van der Waals surface area contributed by atoms with Gasteiger partial charge in [-0.2, -0.15) is 5.10 Å². The third-order valence-corrected chi connectivity index (χ3v) is 6.71. The molecule has 4 heterocycles. The summed E-state index contributed by atoms with van der Waals surface area (Å²) in [7, 11) is 1.88. The summed E-state index contributed by atoms with van der Waals surface area (Å²) in [5, 5.41) is 8.70. The molecule has 4 aromatic heterocycles. The molecule has 0 aliphatic carbocycles. The van der Waals surface area contributed by atoms with Crippen molar-refractivity contribution in [1.82, 2.24) is 34.0 Å². The number of benzene rings is 2. The van der Waals surface area contributed by atoms with Gasteiger partial charge in [0.2, 0.25) is 0 Å². The lowest BCUT2D eigenvalue weighted by Crippen LogP contribution is -2.32. The van der Waals surface area contributed by atoms with E-state index in [0.29, 0.717) is 44.9 Å². The third-order valence-electron chi connectivity index (χ3n) is 6.71. The number of rotatable bonds is 4. The molecule has 1 N–H and O–H groups in total. The maximum absolute atomic E-state index is 14.2. The number of pyridine rings is 1. The molecule has 1 atom stereocenters. The molecule has 0 saturated heterocycles. The first-order valence-electron chi connectivity index (χ1n) is 12.8. The third kappa shape index (κ3) is 4.41. The van der Waals surface area contributed by atoms with Crippen LogP contribution in [-0.2, 0) is 7.05 Å². The molecule has 0 aliphatic heterocycles. The highest BCUT2D eigenvalue weighted by Crippen LogP contribution is 2.24. The first-order chi connectivity index (χ1) is 19.4. The fourth-order valence-electron chi connectivity index (χ4n) is 4.86. The molecular weight excluding hydrogens is 502 g/mol. The summed E-state index contributed by atoms with van der Waals surface area (Å²) in [6.45, 7) is 3.63. The molecule has 196 valence electrons. The van der Waals surface area contributed by atoms with E-state index >= 15 is 0 Å². The molecular formula is C31H25N7O2. The first-order valence-corrected chi connectivity index (χ1v) is 12.8. The Balaban J connectivity index is 1.48. The predicted molar refractivity (Wildman–Crippen MR) is 152 cm³/mol. The van der Waals surface area contributed by atoms with Gasteiger partial charge in [0.05, 0.1) is 23.4 Å².